The molecule has 0 aliphatic heterocycles. The van der Waals surface area contributed by atoms with E-state index in [1.54, 1.807) is 24.3 Å². The number of carbonyl (C=O) groups is 1. The van der Waals surface area contributed by atoms with Gasteiger partial charge >= 0.3 is 0 Å². The summed E-state index contributed by atoms with van der Waals surface area (Å²) in [5, 5.41) is 11.4. The monoisotopic (exact) mass is 382 g/mol. The van der Waals surface area contributed by atoms with Crippen molar-refractivity contribution in [1.82, 2.24) is 20.3 Å². The summed E-state index contributed by atoms with van der Waals surface area (Å²) in [4.78, 5) is 12.6. The van der Waals surface area contributed by atoms with E-state index in [0.717, 1.165) is 34.8 Å². The Morgan fingerprint density at radius 2 is 1.93 bits per heavy atom. The molecule has 0 fully saturated rings. The predicted molar refractivity (Wildman–Crippen MR) is 105 cm³/mol. The molecule has 1 amide bonds. The van der Waals surface area contributed by atoms with E-state index in [9.17, 15) is 4.79 Å². The molecule has 1 aromatic carbocycles. The molecule has 0 saturated heterocycles. The van der Waals surface area contributed by atoms with E-state index in [0.29, 0.717) is 17.9 Å². The first-order chi connectivity index (χ1) is 13.4. The van der Waals surface area contributed by atoms with Crippen LogP contribution in [0.2, 0.25) is 0 Å². The van der Waals surface area contributed by atoms with Crippen LogP contribution in [0.1, 0.15) is 58.5 Å². The lowest BCUT2D eigenvalue weighted by Gasteiger charge is -2.13. The topological polar surface area (TPSA) is 82.2 Å². The van der Waals surface area contributed by atoms with E-state index < -0.39 is 0 Å². The molecule has 3 aromatic rings. The Kier molecular flexibility index (Phi) is 5.82. The van der Waals surface area contributed by atoms with Gasteiger partial charge in [-0.2, -0.15) is 5.10 Å². The number of carbonyl (C=O) groups excluding carboxylic acids is 1. The van der Waals surface area contributed by atoms with Crippen molar-refractivity contribution in [2.45, 2.75) is 53.8 Å². The van der Waals surface area contributed by atoms with Crippen molar-refractivity contribution < 1.29 is 14.1 Å². The molecular formula is C21H26N4O3. The van der Waals surface area contributed by atoms with Crippen molar-refractivity contribution in [3.8, 4) is 5.75 Å². The van der Waals surface area contributed by atoms with Crippen molar-refractivity contribution in [3.63, 3.8) is 0 Å². The fourth-order valence-corrected chi connectivity index (χ4v) is 3.04. The Bertz CT molecular complexity index is 937. The van der Waals surface area contributed by atoms with Crippen molar-refractivity contribution >= 4 is 5.91 Å². The van der Waals surface area contributed by atoms with Crippen LogP contribution in [0.3, 0.4) is 0 Å². The third-order valence-electron chi connectivity index (χ3n) is 4.80. The number of aryl methyl sites for hydroxylation is 4. The number of benzene rings is 1. The smallest absolute Gasteiger partial charge is 0.251 e. The van der Waals surface area contributed by atoms with Crippen LogP contribution < -0.4 is 10.1 Å². The summed E-state index contributed by atoms with van der Waals surface area (Å²) in [6, 6.07) is 6.97. The van der Waals surface area contributed by atoms with E-state index in [1.165, 1.54) is 0 Å². The molecule has 7 nitrogen and oxygen atoms in total. The molecule has 0 spiro atoms. The summed E-state index contributed by atoms with van der Waals surface area (Å²) in [6.07, 6.45) is 1.98. The number of ether oxygens (including phenoxy) is 1. The normalized spacial score (nSPS) is 12.0. The molecule has 0 aliphatic rings. The Labute approximate surface area is 164 Å². The van der Waals surface area contributed by atoms with Gasteiger partial charge in [-0.05, 0) is 58.9 Å². The average Bonchev–Trinajstić information content (AvgIpc) is 3.22. The predicted octanol–water partition coefficient (Wildman–Crippen LogP) is 3.89. The SMILES string of the molecule is CCn1cc([C@@H](C)NC(=O)c2ccc(OCc3c(C)noc3C)cc2)c(C)n1. The van der Waals surface area contributed by atoms with Crippen LogP contribution in [0.25, 0.3) is 0 Å². The van der Waals surface area contributed by atoms with Gasteiger partial charge in [0.25, 0.3) is 5.91 Å². The second-order valence-electron chi connectivity index (χ2n) is 6.84. The standard InChI is InChI=1S/C21H26N4O3/c1-6-25-11-19(14(3)23-25)13(2)22-21(26)17-7-9-18(10-8-17)27-12-20-15(4)24-28-16(20)5/h7-11,13H,6,12H2,1-5H3,(H,22,26)/t13-/m1/s1. The minimum atomic E-state index is -0.131. The van der Waals surface area contributed by atoms with E-state index in [2.05, 4.69) is 15.6 Å². The third kappa shape index (κ3) is 4.24. The Morgan fingerprint density at radius 1 is 1.21 bits per heavy atom. The van der Waals surface area contributed by atoms with Gasteiger partial charge in [0.2, 0.25) is 0 Å². The summed E-state index contributed by atoms with van der Waals surface area (Å²) in [5.41, 5.74) is 4.30. The molecule has 0 unspecified atom stereocenters. The van der Waals surface area contributed by atoms with Crippen molar-refractivity contribution in [2.24, 2.45) is 0 Å². The van der Waals surface area contributed by atoms with Crippen LogP contribution in [-0.2, 0) is 13.2 Å². The summed E-state index contributed by atoms with van der Waals surface area (Å²) in [6.45, 7) is 10.9. The number of aromatic nitrogens is 3. The van der Waals surface area contributed by atoms with Crippen LogP contribution in [-0.4, -0.2) is 20.8 Å². The number of hydrogen-bond donors (Lipinski definition) is 1. The highest BCUT2D eigenvalue weighted by atomic mass is 16.5. The average molecular weight is 382 g/mol. The van der Waals surface area contributed by atoms with Crippen LogP contribution in [0.5, 0.6) is 5.75 Å². The van der Waals surface area contributed by atoms with Gasteiger partial charge < -0.3 is 14.6 Å². The molecule has 1 atom stereocenters. The second kappa shape index (κ2) is 8.29. The zero-order valence-electron chi connectivity index (χ0n) is 16.9. The fraction of sp³-hybridized carbons (Fsp3) is 0.381. The number of amides is 1. The summed E-state index contributed by atoms with van der Waals surface area (Å²) < 4.78 is 12.8. The third-order valence-corrected chi connectivity index (χ3v) is 4.80. The lowest BCUT2D eigenvalue weighted by molar-refractivity contribution is 0.0940. The largest absolute Gasteiger partial charge is 0.489 e. The van der Waals surface area contributed by atoms with Gasteiger partial charge in [0.1, 0.15) is 18.1 Å². The van der Waals surface area contributed by atoms with E-state index in [4.69, 9.17) is 9.26 Å². The molecule has 148 valence electrons. The maximum absolute atomic E-state index is 12.6. The van der Waals surface area contributed by atoms with E-state index in [-0.39, 0.29) is 11.9 Å². The first-order valence-electron chi connectivity index (χ1n) is 9.38. The highest BCUT2D eigenvalue weighted by molar-refractivity contribution is 5.94. The van der Waals surface area contributed by atoms with Gasteiger partial charge in [-0.1, -0.05) is 5.16 Å². The van der Waals surface area contributed by atoms with Crippen LogP contribution in [0.15, 0.2) is 35.0 Å². The lowest BCUT2D eigenvalue weighted by Crippen LogP contribution is -2.26. The van der Waals surface area contributed by atoms with Gasteiger partial charge in [-0.3, -0.25) is 9.48 Å². The zero-order valence-corrected chi connectivity index (χ0v) is 16.9. The number of rotatable bonds is 7. The molecular weight excluding hydrogens is 356 g/mol. The Morgan fingerprint density at radius 3 is 2.50 bits per heavy atom. The van der Waals surface area contributed by atoms with Crippen LogP contribution in [0.4, 0.5) is 0 Å². The molecule has 0 bridgehead atoms. The molecule has 0 saturated carbocycles. The van der Waals surface area contributed by atoms with Gasteiger partial charge in [0, 0.05) is 23.9 Å². The summed E-state index contributed by atoms with van der Waals surface area (Å²) in [7, 11) is 0. The zero-order chi connectivity index (χ0) is 20.3. The number of nitrogens with zero attached hydrogens (tertiary/aromatic N) is 3. The summed E-state index contributed by atoms with van der Waals surface area (Å²) in [5.74, 6) is 1.31. The first kappa shape index (κ1) is 19.7. The maximum atomic E-state index is 12.6. The Hall–Kier alpha value is -3.09. The Balaban J connectivity index is 1.61. The highest BCUT2D eigenvalue weighted by Crippen LogP contribution is 2.20. The molecule has 28 heavy (non-hydrogen) atoms. The molecule has 7 heteroatoms. The first-order valence-corrected chi connectivity index (χ1v) is 9.38. The lowest BCUT2D eigenvalue weighted by atomic mass is 10.1. The van der Waals surface area contributed by atoms with Crippen molar-refractivity contribution in [2.75, 3.05) is 0 Å². The molecule has 0 radical (unpaired) electrons. The maximum Gasteiger partial charge on any atom is 0.251 e. The van der Waals surface area contributed by atoms with Gasteiger partial charge in [-0.15, -0.1) is 0 Å². The fourth-order valence-electron chi connectivity index (χ4n) is 3.04. The van der Waals surface area contributed by atoms with E-state index in [1.807, 2.05) is 45.5 Å². The quantitative estimate of drug-likeness (QED) is 0.670. The highest BCUT2D eigenvalue weighted by Gasteiger charge is 2.16. The van der Waals surface area contributed by atoms with Crippen molar-refractivity contribution in [3.05, 3.63) is 64.3 Å². The summed E-state index contributed by atoms with van der Waals surface area (Å²) >= 11 is 0. The van der Waals surface area contributed by atoms with Crippen LogP contribution in [0, 0.1) is 20.8 Å². The second-order valence-corrected chi connectivity index (χ2v) is 6.84. The van der Waals surface area contributed by atoms with Gasteiger partial charge in [0.15, 0.2) is 0 Å². The van der Waals surface area contributed by atoms with E-state index >= 15 is 0 Å². The van der Waals surface area contributed by atoms with Crippen LogP contribution >= 0.6 is 0 Å². The molecule has 2 aromatic heterocycles. The van der Waals surface area contributed by atoms with Gasteiger partial charge in [-0.25, -0.2) is 0 Å². The molecule has 2 heterocycles. The molecule has 3 rings (SSSR count). The number of hydrogen-bond acceptors (Lipinski definition) is 5. The number of nitrogens with one attached hydrogen (secondary N) is 1. The molecule has 0 aliphatic carbocycles. The van der Waals surface area contributed by atoms with Gasteiger partial charge in [0.05, 0.1) is 23.0 Å². The minimum absolute atomic E-state index is 0.122. The molecule has 1 N–H and O–H groups in total. The van der Waals surface area contributed by atoms with Crippen molar-refractivity contribution in [1.29, 1.82) is 0 Å². The minimum Gasteiger partial charge on any atom is -0.489 e.